The first kappa shape index (κ1) is 36.7. The van der Waals surface area contributed by atoms with Gasteiger partial charge in [-0.15, -0.1) is 0 Å². The van der Waals surface area contributed by atoms with E-state index in [2.05, 4.69) is 233 Å². The number of hydrogen-bond acceptors (Lipinski definition) is 2. The third-order valence-corrected chi connectivity index (χ3v) is 14.5. The fourth-order valence-corrected chi connectivity index (χ4v) is 11.3. The van der Waals surface area contributed by atoms with Gasteiger partial charge in [0.2, 0.25) is 0 Å². The van der Waals surface area contributed by atoms with E-state index in [4.69, 9.17) is 0 Å². The summed E-state index contributed by atoms with van der Waals surface area (Å²) in [5.74, 6) is 0. The number of fused-ring (bicyclic) bond motifs is 6. The van der Waals surface area contributed by atoms with Crippen molar-refractivity contribution in [3.63, 3.8) is 0 Å². The summed E-state index contributed by atoms with van der Waals surface area (Å²) in [6.07, 6.45) is 0. The van der Waals surface area contributed by atoms with E-state index in [1.54, 1.807) is 0 Å². The smallest absolute Gasteiger partial charge is 0.0540 e. The first-order valence-electron chi connectivity index (χ1n) is 22.0. The van der Waals surface area contributed by atoms with E-state index >= 15 is 0 Å². The zero-order valence-electron chi connectivity index (χ0n) is 36.2. The van der Waals surface area contributed by atoms with Crippen molar-refractivity contribution in [3.8, 4) is 22.3 Å². The van der Waals surface area contributed by atoms with E-state index in [-0.39, 0.29) is 10.8 Å². The fourth-order valence-electron chi connectivity index (χ4n) is 11.3. The van der Waals surface area contributed by atoms with E-state index in [1.807, 2.05) is 0 Å². The van der Waals surface area contributed by atoms with Crippen LogP contribution in [-0.2, 0) is 10.8 Å². The Morgan fingerprint density at radius 2 is 0.694 bits per heavy atom. The van der Waals surface area contributed by atoms with Gasteiger partial charge in [0.15, 0.2) is 0 Å². The summed E-state index contributed by atoms with van der Waals surface area (Å²) in [5.41, 5.74) is 20.2. The van der Waals surface area contributed by atoms with Crippen molar-refractivity contribution in [3.05, 3.63) is 215 Å². The van der Waals surface area contributed by atoms with Crippen molar-refractivity contribution in [1.82, 2.24) is 0 Å². The molecule has 62 heavy (non-hydrogen) atoms. The maximum absolute atomic E-state index is 2.51. The Balaban J connectivity index is 1.08. The minimum absolute atomic E-state index is 0.111. The average molecular weight is 797 g/mol. The number of rotatable bonds is 6. The molecule has 0 spiro atoms. The van der Waals surface area contributed by atoms with Gasteiger partial charge in [-0.05, 0) is 140 Å². The standard InChI is InChI=1S/C60H48N2/c1-37-15-7-13-21-53(37)61(41-27-31-45-43-17-9-11-19-49(43)59(3,4)51(45)35-41)55-33-25-39-24-30-48-56(34-26-40-23-29-47(55)57(39)58(40)48)62(54-22-14-8-16-38(54)2)42-28-32-46-44-18-10-12-20-50(44)60(5,6)52(46)36-42/h7-36H,1-6H3. The normalized spacial score (nSPS) is 14.2. The average Bonchev–Trinajstić information content (AvgIpc) is 3.66. The molecule has 10 aromatic rings. The number of nitrogens with zero attached hydrogens (tertiary/aromatic N) is 2. The van der Waals surface area contributed by atoms with Crippen LogP contribution in [0.25, 0.3) is 54.6 Å². The lowest BCUT2D eigenvalue weighted by atomic mass is 9.82. The molecule has 0 fully saturated rings. The van der Waals surface area contributed by atoms with Crippen LogP contribution in [0.5, 0.6) is 0 Å². The predicted molar refractivity (Wildman–Crippen MR) is 264 cm³/mol. The van der Waals surface area contributed by atoms with Crippen molar-refractivity contribution in [2.45, 2.75) is 52.4 Å². The molecule has 0 aromatic heterocycles. The molecule has 0 heterocycles. The Morgan fingerprint density at radius 3 is 1.13 bits per heavy atom. The van der Waals surface area contributed by atoms with Crippen LogP contribution >= 0.6 is 0 Å². The molecule has 0 bridgehead atoms. The number of para-hydroxylation sites is 2. The fraction of sp³-hybridized carbons (Fsp3) is 0.133. The predicted octanol–water partition coefficient (Wildman–Crippen LogP) is 16.8. The van der Waals surface area contributed by atoms with Crippen LogP contribution in [0.3, 0.4) is 0 Å². The topological polar surface area (TPSA) is 6.48 Å². The molecule has 2 aliphatic rings. The molecule has 0 amide bonds. The Kier molecular flexibility index (Phi) is 7.79. The van der Waals surface area contributed by atoms with Gasteiger partial charge in [-0.25, -0.2) is 0 Å². The van der Waals surface area contributed by atoms with Gasteiger partial charge in [-0.3, -0.25) is 0 Å². The van der Waals surface area contributed by atoms with Gasteiger partial charge >= 0.3 is 0 Å². The molecule has 0 aliphatic heterocycles. The Hall–Kier alpha value is -7.16. The van der Waals surface area contributed by atoms with Gasteiger partial charge in [-0.2, -0.15) is 0 Å². The molecule has 2 heteroatoms. The van der Waals surface area contributed by atoms with Crippen LogP contribution < -0.4 is 9.80 Å². The maximum Gasteiger partial charge on any atom is 0.0540 e. The quantitative estimate of drug-likeness (QED) is 0.155. The lowest BCUT2D eigenvalue weighted by molar-refractivity contribution is 0.660. The van der Waals surface area contributed by atoms with Gasteiger partial charge < -0.3 is 9.80 Å². The third kappa shape index (κ3) is 5.10. The molecule has 0 N–H and O–H groups in total. The van der Waals surface area contributed by atoms with E-state index < -0.39 is 0 Å². The van der Waals surface area contributed by atoms with Crippen molar-refractivity contribution in [2.75, 3.05) is 9.80 Å². The molecule has 12 rings (SSSR count). The lowest BCUT2D eigenvalue weighted by Gasteiger charge is -2.31. The van der Waals surface area contributed by atoms with Crippen LogP contribution in [0.4, 0.5) is 34.1 Å². The molecule has 0 radical (unpaired) electrons. The van der Waals surface area contributed by atoms with Gasteiger partial charge in [-0.1, -0.05) is 161 Å². The molecular formula is C60H48N2. The second-order valence-corrected chi connectivity index (χ2v) is 18.6. The Labute approximate surface area is 364 Å². The van der Waals surface area contributed by atoms with E-state index in [1.165, 1.54) is 122 Å². The summed E-state index contributed by atoms with van der Waals surface area (Å²) in [4.78, 5) is 5.01. The van der Waals surface area contributed by atoms with Crippen LogP contribution in [0.15, 0.2) is 182 Å². The number of anilines is 6. The van der Waals surface area contributed by atoms with E-state index in [9.17, 15) is 0 Å². The minimum Gasteiger partial charge on any atom is -0.310 e. The molecular weight excluding hydrogens is 749 g/mol. The highest BCUT2D eigenvalue weighted by Gasteiger charge is 2.37. The van der Waals surface area contributed by atoms with Crippen molar-refractivity contribution in [2.24, 2.45) is 0 Å². The summed E-state index contributed by atoms with van der Waals surface area (Å²) in [6.45, 7) is 14.0. The monoisotopic (exact) mass is 796 g/mol. The SMILES string of the molecule is Cc1ccccc1N(c1ccc2c(c1)C(C)(C)c1ccccc1-2)c1ccc2ccc3c(N(c4ccc5c(c4)C(C)(C)c4ccccc4-5)c4ccccc4C)ccc4ccc1c2c43. The highest BCUT2D eigenvalue weighted by Crippen LogP contribution is 2.54. The lowest BCUT2D eigenvalue weighted by Crippen LogP contribution is -2.17. The van der Waals surface area contributed by atoms with Gasteiger partial charge in [0.1, 0.15) is 0 Å². The second kappa shape index (κ2) is 13.2. The Morgan fingerprint density at radius 1 is 0.323 bits per heavy atom. The molecule has 0 saturated heterocycles. The number of aryl methyl sites for hydroxylation is 2. The summed E-state index contributed by atoms with van der Waals surface area (Å²) < 4.78 is 0. The molecule has 0 saturated carbocycles. The van der Waals surface area contributed by atoms with E-state index in [0.29, 0.717) is 0 Å². The summed E-state index contributed by atoms with van der Waals surface area (Å²) in [6, 6.07) is 68.5. The highest BCUT2D eigenvalue weighted by molar-refractivity contribution is 6.28. The van der Waals surface area contributed by atoms with Crippen LogP contribution in [-0.4, -0.2) is 0 Å². The van der Waals surface area contributed by atoms with Crippen LogP contribution in [0, 0.1) is 13.8 Å². The van der Waals surface area contributed by atoms with Crippen molar-refractivity contribution < 1.29 is 0 Å². The number of hydrogen-bond donors (Lipinski definition) is 0. The largest absolute Gasteiger partial charge is 0.310 e. The molecule has 0 atom stereocenters. The van der Waals surface area contributed by atoms with Gasteiger partial charge in [0.05, 0.1) is 11.4 Å². The zero-order chi connectivity index (χ0) is 42.1. The van der Waals surface area contributed by atoms with Crippen LogP contribution in [0.1, 0.15) is 61.1 Å². The van der Waals surface area contributed by atoms with E-state index in [0.717, 1.165) is 0 Å². The zero-order valence-corrected chi connectivity index (χ0v) is 36.2. The summed E-state index contributed by atoms with van der Waals surface area (Å²) in [5, 5.41) is 7.55. The third-order valence-electron chi connectivity index (χ3n) is 14.5. The molecule has 298 valence electrons. The molecule has 2 nitrogen and oxygen atoms in total. The van der Waals surface area contributed by atoms with Crippen molar-refractivity contribution >= 4 is 66.4 Å². The maximum atomic E-state index is 2.51. The second-order valence-electron chi connectivity index (χ2n) is 18.6. The summed E-state index contributed by atoms with van der Waals surface area (Å²) in [7, 11) is 0. The van der Waals surface area contributed by atoms with Crippen molar-refractivity contribution in [1.29, 1.82) is 0 Å². The first-order valence-corrected chi connectivity index (χ1v) is 22.0. The minimum atomic E-state index is -0.111. The molecule has 10 aromatic carbocycles. The summed E-state index contributed by atoms with van der Waals surface area (Å²) >= 11 is 0. The highest BCUT2D eigenvalue weighted by atomic mass is 15.2. The van der Waals surface area contributed by atoms with Gasteiger partial charge in [0.25, 0.3) is 0 Å². The first-order chi connectivity index (χ1) is 30.1. The number of benzene rings is 10. The van der Waals surface area contributed by atoms with Crippen LogP contribution in [0.2, 0.25) is 0 Å². The van der Waals surface area contributed by atoms with Gasteiger partial charge in [0, 0.05) is 44.4 Å². The molecule has 0 unspecified atom stereocenters. The molecule has 2 aliphatic carbocycles. The Bertz CT molecular complexity index is 3230.